The highest BCUT2D eigenvalue weighted by Crippen LogP contribution is 2.34. The topological polar surface area (TPSA) is 108 Å². The van der Waals surface area contributed by atoms with Crippen molar-refractivity contribution in [1.29, 1.82) is 5.26 Å². The predicted octanol–water partition coefficient (Wildman–Crippen LogP) is 2.69. The molecule has 8 nitrogen and oxygen atoms in total. The molecule has 1 aliphatic heterocycles. The van der Waals surface area contributed by atoms with E-state index in [0.717, 1.165) is 9.21 Å². The van der Waals surface area contributed by atoms with Crippen molar-refractivity contribution >= 4 is 27.5 Å². The third kappa shape index (κ3) is 4.17. The number of ether oxygens (including phenoxy) is 1. The molecular formula is C22H23N3O5S. The van der Waals surface area contributed by atoms with Gasteiger partial charge in [0.25, 0.3) is 5.91 Å². The molecule has 1 unspecified atom stereocenters. The number of benzene rings is 2. The summed E-state index contributed by atoms with van der Waals surface area (Å²) in [6, 6.07) is 12.7. The summed E-state index contributed by atoms with van der Waals surface area (Å²) >= 11 is 0. The first-order chi connectivity index (χ1) is 14.5. The molecule has 1 atom stereocenters. The van der Waals surface area contributed by atoms with E-state index in [0.29, 0.717) is 17.0 Å². The molecule has 0 aliphatic carbocycles. The number of nitriles is 1. The van der Waals surface area contributed by atoms with Gasteiger partial charge in [-0.3, -0.25) is 9.59 Å². The molecule has 1 heterocycles. The molecule has 0 saturated carbocycles. The largest absolute Gasteiger partial charge is 0.497 e. The fourth-order valence-electron chi connectivity index (χ4n) is 3.61. The molecule has 0 bridgehead atoms. The molecule has 2 aromatic rings. The van der Waals surface area contributed by atoms with Crippen molar-refractivity contribution in [3.05, 3.63) is 54.1 Å². The minimum absolute atomic E-state index is 0.000275. The van der Waals surface area contributed by atoms with Crippen LogP contribution in [0.3, 0.4) is 0 Å². The minimum Gasteiger partial charge on any atom is -0.497 e. The van der Waals surface area contributed by atoms with Crippen LogP contribution in [0.4, 0.5) is 5.69 Å². The van der Waals surface area contributed by atoms with Crippen molar-refractivity contribution in [2.45, 2.75) is 43.7 Å². The molecule has 1 aliphatic rings. The van der Waals surface area contributed by atoms with Crippen LogP contribution in [0.1, 0.15) is 32.8 Å². The summed E-state index contributed by atoms with van der Waals surface area (Å²) in [6.45, 7) is 5.03. The van der Waals surface area contributed by atoms with E-state index in [-0.39, 0.29) is 11.3 Å². The molecule has 0 aromatic heterocycles. The molecule has 1 saturated heterocycles. The highest BCUT2D eigenvalue weighted by atomic mass is 32.2. The molecule has 162 valence electrons. The van der Waals surface area contributed by atoms with E-state index in [1.807, 2.05) is 6.07 Å². The van der Waals surface area contributed by atoms with Crippen LogP contribution < -0.4 is 9.64 Å². The van der Waals surface area contributed by atoms with Crippen LogP contribution >= 0.6 is 0 Å². The normalized spacial score (nSPS) is 17.2. The van der Waals surface area contributed by atoms with Crippen molar-refractivity contribution < 1.29 is 22.7 Å². The zero-order valence-corrected chi connectivity index (χ0v) is 18.5. The maximum Gasteiger partial charge on any atom is 0.252 e. The lowest BCUT2D eigenvalue weighted by atomic mass is 10.1. The predicted molar refractivity (Wildman–Crippen MR) is 114 cm³/mol. The van der Waals surface area contributed by atoms with Gasteiger partial charge in [-0.2, -0.15) is 9.57 Å². The number of nitrogens with zero attached hydrogens (tertiary/aromatic N) is 3. The van der Waals surface area contributed by atoms with Crippen LogP contribution in [0, 0.1) is 11.3 Å². The second-order valence-corrected chi connectivity index (χ2v) is 9.91. The van der Waals surface area contributed by atoms with E-state index in [4.69, 9.17) is 10.00 Å². The minimum atomic E-state index is -4.10. The number of imide groups is 1. The van der Waals surface area contributed by atoms with E-state index in [1.165, 1.54) is 55.6 Å². The lowest BCUT2D eigenvalue weighted by molar-refractivity contribution is -0.122. The van der Waals surface area contributed by atoms with E-state index in [2.05, 4.69) is 0 Å². The summed E-state index contributed by atoms with van der Waals surface area (Å²) in [5.74, 6) is -0.624. The molecule has 2 amide bonds. The van der Waals surface area contributed by atoms with Crippen LogP contribution in [-0.2, 0) is 19.6 Å². The Bertz CT molecular complexity index is 1140. The van der Waals surface area contributed by atoms with E-state index < -0.39 is 33.4 Å². The summed E-state index contributed by atoms with van der Waals surface area (Å²) < 4.78 is 33.2. The number of rotatable bonds is 5. The van der Waals surface area contributed by atoms with Crippen molar-refractivity contribution in [2.75, 3.05) is 12.0 Å². The first kappa shape index (κ1) is 22.5. The van der Waals surface area contributed by atoms with Crippen LogP contribution in [0.5, 0.6) is 5.75 Å². The van der Waals surface area contributed by atoms with Crippen LogP contribution in [0.2, 0.25) is 0 Å². The van der Waals surface area contributed by atoms with Gasteiger partial charge >= 0.3 is 0 Å². The molecule has 0 N–H and O–H groups in total. The lowest BCUT2D eigenvalue weighted by Crippen LogP contribution is -2.54. The van der Waals surface area contributed by atoms with Gasteiger partial charge in [-0.05, 0) is 69.3 Å². The Morgan fingerprint density at radius 3 is 2.13 bits per heavy atom. The summed E-state index contributed by atoms with van der Waals surface area (Å²) in [7, 11) is -2.63. The van der Waals surface area contributed by atoms with Gasteiger partial charge in [-0.1, -0.05) is 0 Å². The van der Waals surface area contributed by atoms with Gasteiger partial charge < -0.3 is 4.74 Å². The fourth-order valence-corrected chi connectivity index (χ4v) is 5.54. The highest BCUT2D eigenvalue weighted by Gasteiger charge is 2.50. The van der Waals surface area contributed by atoms with Crippen LogP contribution in [-0.4, -0.2) is 43.2 Å². The van der Waals surface area contributed by atoms with Gasteiger partial charge in [-0.15, -0.1) is 0 Å². The average Bonchev–Trinajstić information content (AvgIpc) is 3.00. The summed E-state index contributed by atoms with van der Waals surface area (Å²) in [5.41, 5.74) is -0.287. The standard InChI is InChI=1S/C22H23N3O5S/c1-22(2,3)25(31(28,29)18-11-9-17(30-4)10-12-18)19-13-20(26)24(21(19)27)16-7-5-15(14-23)6-8-16/h5-12,19H,13H2,1-4H3. The Labute approximate surface area is 181 Å². The second kappa shape index (κ2) is 8.13. The molecule has 0 radical (unpaired) electrons. The van der Waals surface area contributed by atoms with Crippen molar-refractivity contribution in [2.24, 2.45) is 0 Å². The van der Waals surface area contributed by atoms with Gasteiger partial charge in [0.15, 0.2) is 0 Å². The second-order valence-electron chi connectivity index (χ2n) is 8.09. The fraction of sp³-hybridized carbons (Fsp3) is 0.318. The SMILES string of the molecule is COc1ccc(S(=O)(=O)N(C2CC(=O)N(c3ccc(C#N)cc3)C2=O)C(C)(C)C)cc1. The highest BCUT2D eigenvalue weighted by molar-refractivity contribution is 7.89. The number of hydrogen-bond acceptors (Lipinski definition) is 6. The zero-order chi connectivity index (χ0) is 23.0. The van der Waals surface area contributed by atoms with Gasteiger partial charge in [0.2, 0.25) is 15.9 Å². The smallest absolute Gasteiger partial charge is 0.252 e. The van der Waals surface area contributed by atoms with Crippen molar-refractivity contribution in [3.8, 4) is 11.8 Å². The number of carbonyl (C=O) groups excluding carboxylic acids is 2. The number of amides is 2. The van der Waals surface area contributed by atoms with E-state index in [1.54, 1.807) is 20.8 Å². The summed E-state index contributed by atoms with van der Waals surface area (Å²) in [6.07, 6.45) is -0.272. The molecule has 3 rings (SSSR count). The Balaban J connectivity index is 2.02. The molecule has 9 heteroatoms. The van der Waals surface area contributed by atoms with Crippen LogP contribution in [0.25, 0.3) is 0 Å². The molecular weight excluding hydrogens is 418 g/mol. The maximum absolute atomic E-state index is 13.5. The first-order valence-corrected chi connectivity index (χ1v) is 11.0. The van der Waals surface area contributed by atoms with Gasteiger partial charge in [-0.25, -0.2) is 13.3 Å². The lowest BCUT2D eigenvalue weighted by Gasteiger charge is -2.37. The van der Waals surface area contributed by atoms with E-state index >= 15 is 0 Å². The Morgan fingerprint density at radius 2 is 1.65 bits per heavy atom. The monoisotopic (exact) mass is 441 g/mol. The van der Waals surface area contributed by atoms with Crippen molar-refractivity contribution in [3.63, 3.8) is 0 Å². The third-order valence-electron chi connectivity index (χ3n) is 4.94. The Kier molecular flexibility index (Phi) is 5.89. The van der Waals surface area contributed by atoms with Gasteiger partial charge in [0.1, 0.15) is 11.8 Å². The first-order valence-electron chi connectivity index (χ1n) is 9.56. The average molecular weight is 442 g/mol. The van der Waals surface area contributed by atoms with Gasteiger partial charge in [0.05, 0.1) is 35.7 Å². The Morgan fingerprint density at radius 1 is 1.06 bits per heavy atom. The summed E-state index contributed by atoms with van der Waals surface area (Å²) in [5, 5.41) is 8.95. The molecule has 1 fully saturated rings. The molecule has 31 heavy (non-hydrogen) atoms. The third-order valence-corrected chi connectivity index (χ3v) is 7.13. The molecule has 2 aromatic carbocycles. The quantitative estimate of drug-likeness (QED) is 0.660. The van der Waals surface area contributed by atoms with E-state index in [9.17, 15) is 18.0 Å². The zero-order valence-electron chi connectivity index (χ0n) is 17.7. The van der Waals surface area contributed by atoms with Gasteiger partial charge in [0, 0.05) is 5.54 Å². The Hall–Kier alpha value is -3.22. The van der Waals surface area contributed by atoms with Crippen molar-refractivity contribution in [1.82, 2.24) is 4.31 Å². The number of carbonyl (C=O) groups is 2. The number of anilines is 1. The number of sulfonamides is 1. The van der Waals surface area contributed by atoms with Crippen LogP contribution in [0.15, 0.2) is 53.4 Å². The summed E-state index contributed by atoms with van der Waals surface area (Å²) in [4.78, 5) is 27.0. The molecule has 0 spiro atoms. The maximum atomic E-state index is 13.5. The number of methoxy groups -OCH3 is 1. The number of hydrogen-bond donors (Lipinski definition) is 0.